The van der Waals surface area contributed by atoms with Gasteiger partial charge in [0.15, 0.2) is 0 Å². The highest BCUT2D eigenvalue weighted by molar-refractivity contribution is 5.72. The second-order valence-corrected chi connectivity index (χ2v) is 3.22. The van der Waals surface area contributed by atoms with Gasteiger partial charge in [-0.3, -0.25) is 14.7 Å². The summed E-state index contributed by atoms with van der Waals surface area (Å²) in [7, 11) is 1.74. The van der Waals surface area contributed by atoms with E-state index in [1.165, 1.54) is 0 Å². The number of aliphatic imine (C=N–C) groups is 1. The summed E-state index contributed by atoms with van der Waals surface area (Å²) in [6.45, 7) is 7.84. The fourth-order valence-corrected chi connectivity index (χ4v) is 0.875. The Bertz CT molecular complexity index is 236. The van der Waals surface area contributed by atoms with Crippen LogP contribution in [0.5, 0.6) is 0 Å². The molecule has 0 amide bonds. The maximum absolute atomic E-state index is 10.6. The van der Waals surface area contributed by atoms with Gasteiger partial charge in [-0.05, 0) is 20.4 Å². The lowest BCUT2D eigenvalue weighted by Gasteiger charge is -2.20. The highest BCUT2D eigenvalue weighted by Crippen LogP contribution is 2.01. The Kier molecular flexibility index (Phi) is 5.79. The molecule has 0 saturated carbocycles. The van der Waals surface area contributed by atoms with Crippen molar-refractivity contribution in [2.75, 3.05) is 13.6 Å². The third kappa shape index (κ3) is 4.77. The first kappa shape index (κ1) is 12.8. The second-order valence-electron chi connectivity index (χ2n) is 3.22. The van der Waals surface area contributed by atoms with Crippen LogP contribution in [-0.4, -0.2) is 41.8 Å². The van der Waals surface area contributed by atoms with E-state index in [0.717, 1.165) is 6.42 Å². The zero-order chi connectivity index (χ0) is 11.1. The highest BCUT2D eigenvalue weighted by Gasteiger charge is 2.16. The lowest BCUT2D eigenvalue weighted by atomic mass is 10.3. The fourth-order valence-electron chi connectivity index (χ4n) is 0.875. The standard InChI is InChI=1S/C10H18N2O2/c1-5-6-11-8(2)7-12(4)9(3)10(13)14/h6,9H,2,5,7H2,1,3-4H3,(H,13,14)/t9-/m1/s1. The van der Waals surface area contributed by atoms with E-state index in [-0.39, 0.29) is 0 Å². The first-order chi connectivity index (χ1) is 6.49. The molecule has 0 heterocycles. The van der Waals surface area contributed by atoms with Gasteiger partial charge in [0.2, 0.25) is 0 Å². The zero-order valence-electron chi connectivity index (χ0n) is 9.03. The van der Waals surface area contributed by atoms with E-state index in [9.17, 15) is 4.79 Å². The quantitative estimate of drug-likeness (QED) is 0.656. The van der Waals surface area contributed by atoms with Gasteiger partial charge in [-0.2, -0.15) is 0 Å². The Morgan fingerprint density at radius 3 is 2.71 bits per heavy atom. The average Bonchev–Trinajstić information content (AvgIpc) is 2.13. The molecule has 0 aliphatic rings. The SMILES string of the molecule is C=C(CN(C)[C@H](C)C(=O)O)N=CCC. The van der Waals surface area contributed by atoms with Crippen LogP contribution in [-0.2, 0) is 4.79 Å². The van der Waals surface area contributed by atoms with Crippen molar-refractivity contribution >= 4 is 12.2 Å². The van der Waals surface area contributed by atoms with Crippen LogP contribution in [0.1, 0.15) is 20.3 Å². The molecule has 0 saturated heterocycles. The van der Waals surface area contributed by atoms with Crippen molar-refractivity contribution in [2.24, 2.45) is 4.99 Å². The molecule has 0 spiro atoms. The van der Waals surface area contributed by atoms with Crippen LogP contribution in [0.3, 0.4) is 0 Å². The summed E-state index contributed by atoms with van der Waals surface area (Å²) in [5.41, 5.74) is 0.683. The maximum Gasteiger partial charge on any atom is 0.320 e. The Morgan fingerprint density at radius 2 is 2.29 bits per heavy atom. The molecule has 1 atom stereocenters. The van der Waals surface area contributed by atoms with Crippen LogP contribution in [0.2, 0.25) is 0 Å². The van der Waals surface area contributed by atoms with Crippen LogP contribution in [0.25, 0.3) is 0 Å². The molecular formula is C10H18N2O2. The first-order valence-corrected chi connectivity index (χ1v) is 4.62. The number of carbonyl (C=O) groups is 1. The molecule has 80 valence electrons. The molecule has 1 N–H and O–H groups in total. The van der Waals surface area contributed by atoms with Crippen LogP contribution >= 0.6 is 0 Å². The lowest BCUT2D eigenvalue weighted by Crippen LogP contribution is -2.36. The number of carboxylic acids is 1. The lowest BCUT2D eigenvalue weighted by molar-refractivity contribution is -0.141. The first-order valence-electron chi connectivity index (χ1n) is 4.62. The van der Waals surface area contributed by atoms with Gasteiger partial charge in [-0.25, -0.2) is 0 Å². The summed E-state index contributed by atoms with van der Waals surface area (Å²) in [4.78, 5) is 16.4. The number of aliphatic carboxylic acids is 1. The van der Waals surface area contributed by atoms with Gasteiger partial charge < -0.3 is 5.11 Å². The van der Waals surface area contributed by atoms with Crippen molar-refractivity contribution in [3.63, 3.8) is 0 Å². The van der Waals surface area contributed by atoms with Crippen molar-refractivity contribution in [3.8, 4) is 0 Å². The van der Waals surface area contributed by atoms with Gasteiger partial charge in [-0.1, -0.05) is 13.5 Å². The van der Waals surface area contributed by atoms with Crippen molar-refractivity contribution in [1.29, 1.82) is 0 Å². The van der Waals surface area contributed by atoms with Gasteiger partial charge in [0.25, 0.3) is 0 Å². The number of hydrogen-bond donors (Lipinski definition) is 1. The smallest absolute Gasteiger partial charge is 0.320 e. The van der Waals surface area contributed by atoms with Crippen molar-refractivity contribution < 1.29 is 9.90 Å². The van der Waals surface area contributed by atoms with Gasteiger partial charge in [0.05, 0.1) is 0 Å². The predicted octanol–water partition coefficient (Wildman–Crippen LogP) is 1.39. The molecular weight excluding hydrogens is 180 g/mol. The summed E-state index contributed by atoms with van der Waals surface area (Å²) < 4.78 is 0. The summed E-state index contributed by atoms with van der Waals surface area (Å²) in [5.74, 6) is -0.834. The van der Waals surface area contributed by atoms with Gasteiger partial charge in [0.1, 0.15) is 6.04 Å². The number of rotatable bonds is 6. The van der Waals surface area contributed by atoms with E-state index in [2.05, 4.69) is 11.6 Å². The summed E-state index contributed by atoms with van der Waals surface area (Å²) in [5, 5.41) is 8.73. The molecule has 0 fully saturated rings. The molecule has 0 bridgehead atoms. The molecule has 0 aromatic heterocycles. The molecule has 0 unspecified atom stereocenters. The largest absolute Gasteiger partial charge is 0.480 e. The van der Waals surface area contributed by atoms with Gasteiger partial charge in [-0.15, -0.1) is 0 Å². The van der Waals surface area contributed by atoms with Crippen LogP contribution in [0.4, 0.5) is 0 Å². The predicted molar refractivity (Wildman–Crippen MR) is 57.7 cm³/mol. The summed E-state index contributed by atoms with van der Waals surface area (Å²) in [6.07, 6.45) is 2.62. The van der Waals surface area contributed by atoms with Crippen molar-refractivity contribution in [1.82, 2.24) is 4.90 Å². The van der Waals surface area contributed by atoms with E-state index >= 15 is 0 Å². The topological polar surface area (TPSA) is 52.9 Å². The maximum atomic E-state index is 10.6. The van der Waals surface area contributed by atoms with E-state index in [0.29, 0.717) is 12.2 Å². The Labute approximate surface area is 84.9 Å². The third-order valence-electron chi connectivity index (χ3n) is 1.91. The molecule has 4 heteroatoms. The Balaban J connectivity index is 4.05. The molecule has 0 aliphatic carbocycles. The van der Waals surface area contributed by atoms with Crippen molar-refractivity contribution in [3.05, 3.63) is 12.3 Å². The monoisotopic (exact) mass is 198 g/mol. The molecule has 0 aromatic carbocycles. The number of likely N-dealkylation sites (N-methyl/N-ethyl adjacent to an activating group) is 1. The number of carboxylic acid groups (broad SMARTS) is 1. The fraction of sp³-hybridized carbons (Fsp3) is 0.600. The van der Waals surface area contributed by atoms with E-state index in [1.54, 1.807) is 25.1 Å². The zero-order valence-corrected chi connectivity index (χ0v) is 9.03. The van der Waals surface area contributed by atoms with Crippen LogP contribution < -0.4 is 0 Å². The average molecular weight is 198 g/mol. The van der Waals surface area contributed by atoms with Crippen LogP contribution in [0, 0.1) is 0 Å². The van der Waals surface area contributed by atoms with Gasteiger partial charge in [0, 0.05) is 18.5 Å². The number of nitrogens with zero attached hydrogens (tertiary/aromatic N) is 2. The molecule has 0 aliphatic heterocycles. The third-order valence-corrected chi connectivity index (χ3v) is 1.91. The molecule has 0 rings (SSSR count). The molecule has 0 aromatic rings. The molecule has 14 heavy (non-hydrogen) atoms. The highest BCUT2D eigenvalue weighted by atomic mass is 16.4. The molecule has 0 radical (unpaired) electrons. The van der Waals surface area contributed by atoms with Crippen molar-refractivity contribution in [2.45, 2.75) is 26.3 Å². The Morgan fingerprint density at radius 1 is 1.71 bits per heavy atom. The van der Waals surface area contributed by atoms with E-state index in [4.69, 9.17) is 5.11 Å². The molecule has 4 nitrogen and oxygen atoms in total. The minimum atomic E-state index is -0.834. The number of hydrogen-bond acceptors (Lipinski definition) is 3. The summed E-state index contributed by atoms with van der Waals surface area (Å²) in [6, 6.07) is -0.511. The Hall–Kier alpha value is -1.16. The summed E-state index contributed by atoms with van der Waals surface area (Å²) >= 11 is 0. The normalized spacial score (nSPS) is 13.4. The van der Waals surface area contributed by atoms with E-state index in [1.807, 2.05) is 6.92 Å². The minimum Gasteiger partial charge on any atom is -0.480 e. The van der Waals surface area contributed by atoms with E-state index < -0.39 is 12.0 Å². The van der Waals surface area contributed by atoms with Crippen LogP contribution in [0.15, 0.2) is 17.3 Å². The second kappa shape index (κ2) is 6.32. The van der Waals surface area contributed by atoms with Gasteiger partial charge >= 0.3 is 5.97 Å². The minimum absolute atomic E-state index is 0.476.